The van der Waals surface area contributed by atoms with Crippen molar-refractivity contribution in [3.05, 3.63) is 81.0 Å². The van der Waals surface area contributed by atoms with Gasteiger partial charge in [0.15, 0.2) is 0 Å². The molecule has 138 valence electrons. The van der Waals surface area contributed by atoms with Crippen molar-refractivity contribution in [3.8, 4) is 0 Å². The molecule has 0 bridgehead atoms. The normalized spacial score (nSPS) is 13.2. The fourth-order valence-corrected chi connectivity index (χ4v) is 3.72. The summed E-state index contributed by atoms with van der Waals surface area (Å²) in [6.45, 7) is 0. The lowest BCUT2D eigenvalue weighted by Crippen LogP contribution is -2.23. The van der Waals surface area contributed by atoms with Crippen LogP contribution in [-0.2, 0) is 26.3 Å². The van der Waals surface area contributed by atoms with Crippen LogP contribution in [0.5, 0.6) is 0 Å². The molecule has 0 unspecified atom stereocenters. The third kappa shape index (κ3) is 3.56. The number of H-pyrrole nitrogens is 1. The number of benzene rings is 1. The summed E-state index contributed by atoms with van der Waals surface area (Å²) < 4.78 is 1.79. The van der Waals surface area contributed by atoms with Gasteiger partial charge in [-0.3, -0.25) is 9.59 Å². The van der Waals surface area contributed by atoms with E-state index in [0.717, 1.165) is 53.8 Å². The quantitative estimate of drug-likeness (QED) is 0.749. The van der Waals surface area contributed by atoms with E-state index in [-0.39, 0.29) is 11.5 Å². The van der Waals surface area contributed by atoms with Crippen LogP contribution in [-0.4, -0.2) is 20.7 Å². The van der Waals surface area contributed by atoms with Gasteiger partial charge in [0.25, 0.3) is 11.5 Å². The molecule has 1 aromatic carbocycles. The molecule has 2 heterocycles. The van der Waals surface area contributed by atoms with E-state index >= 15 is 0 Å². The summed E-state index contributed by atoms with van der Waals surface area (Å²) in [6, 6.07) is 11.4. The molecule has 4 rings (SSSR count). The second-order valence-electron chi connectivity index (χ2n) is 7.00. The number of hydrogen-bond acceptors (Lipinski definition) is 3. The highest BCUT2D eigenvalue weighted by atomic mass is 16.2. The zero-order valence-electron chi connectivity index (χ0n) is 15.3. The average Bonchev–Trinajstić information content (AvgIpc) is 3.11. The van der Waals surface area contributed by atoms with Gasteiger partial charge >= 0.3 is 0 Å². The van der Waals surface area contributed by atoms with Gasteiger partial charge in [-0.1, -0.05) is 12.1 Å². The molecule has 27 heavy (non-hydrogen) atoms. The molecular weight excluding hydrogens is 340 g/mol. The Bertz CT molecular complexity index is 1050. The maximum Gasteiger partial charge on any atom is 0.272 e. The molecule has 2 aromatic heterocycles. The number of aromatic nitrogens is 3. The molecule has 0 saturated heterocycles. The Morgan fingerprint density at radius 3 is 2.78 bits per heavy atom. The summed E-state index contributed by atoms with van der Waals surface area (Å²) >= 11 is 0. The van der Waals surface area contributed by atoms with Crippen molar-refractivity contribution >= 4 is 11.6 Å². The Morgan fingerprint density at radius 1 is 1.19 bits per heavy atom. The van der Waals surface area contributed by atoms with Gasteiger partial charge in [0.05, 0.1) is 5.69 Å². The third-order valence-corrected chi connectivity index (χ3v) is 5.12. The Kier molecular flexibility index (Phi) is 4.62. The number of rotatable bonds is 4. The van der Waals surface area contributed by atoms with Crippen LogP contribution in [0, 0.1) is 0 Å². The zero-order chi connectivity index (χ0) is 18.8. The summed E-state index contributed by atoms with van der Waals surface area (Å²) in [5.41, 5.74) is 5.26. The van der Waals surface area contributed by atoms with Crippen LogP contribution in [0.1, 0.15) is 45.7 Å². The van der Waals surface area contributed by atoms with Gasteiger partial charge in [0.1, 0.15) is 5.69 Å². The summed E-state index contributed by atoms with van der Waals surface area (Å²) in [6.07, 6.45) is 6.36. The Hall–Kier alpha value is -3.15. The van der Waals surface area contributed by atoms with Crippen LogP contribution >= 0.6 is 0 Å². The van der Waals surface area contributed by atoms with Crippen molar-refractivity contribution in [2.24, 2.45) is 7.05 Å². The van der Waals surface area contributed by atoms with E-state index in [9.17, 15) is 9.59 Å². The summed E-state index contributed by atoms with van der Waals surface area (Å²) in [4.78, 5) is 24.4. The lowest BCUT2D eigenvalue weighted by molar-refractivity contribution is 0.101. The Labute approximate surface area is 157 Å². The molecule has 1 amide bonds. The fourth-order valence-electron chi connectivity index (χ4n) is 3.72. The molecule has 0 aliphatic heterocycles. The van der Waals surface area contributed by atoms with E-state index < -0.39 is 0 Å². The van der Waals surface area contributed by atoms with Crippen LogP contribution in [0.4, 0.5) is 5.69 Å². The molecule has 0 fully saturated rings. The second kappa shape index (κ2) is 7.23. The van der Waals surface area contributed by atoms with Crippen LogP contribution in [0.15, 0.2) is 47.4 Å². The van der Waals surface area contributed by atoms with Gasteiger partial charge in [-0.05, 0) is 61.1 Å². The largest absolute Gasteiger partial charge is 0.347 e. The van der Waals surface area contributed by atoms with Crippen molar-refractivity contribution in [1.82, 2.24) is 14.8 Å². The van der Waals surface area contributed by atoms with Crippen molar-refractivity contribution in [2.45, 2.75) is 32.1 Å². The molecule has 6 nitrogen and oxygen atoms in total. The van der Waals surface area contributed by atoms with Crippen molar-refractivity contribution in [2.75, 3.05) is 5.32 Å². The zero-order valence-corrected chi connectivity index (χ0v) is 15.3. The van der Waals surface area contributed by atoms with E-state index in [1.54, 1.807) is 10.6 Å². The molecule has 1 aliphatic rings. The van der Waals surface area contributed by atoms with Gasteiger partial charge in [-0.25, -0.2) is 5.10 Å². The monoisotopic (exact) mass is 362 g/mol. The molecule has 0 spiro atoms. The van der Waals surface area contributed by atoms with Crippen molar-refractivity contribution in [3.63, 3.8) is 0 Å². The smallest absolute Gasteiger partial charge is 0.272 e. The number of aromatic amines is 1. The number of carbonyl (C=O) groups is 1. The number of nitrogens with zero attached hydrogens (tertiary/aromatic N) is 2. The Balaban J connectivity index is 1.56. The maximum absolute atomic E-state index is 12.4. The topological polar surface area (TPSA) is 79.8 Å². The molecule has 0 atom stereocenters. The SMILES string of the molecule is Cn1cccc1C(=O)Nc1cccc(Cc2n[nH]c(=O)c3c2CCCC3)c1. The minimum Gasteiger partial charge on any atom is -0.347 e. The van der Waals surface area contributed by atoms with Gasteiger partial charge in [-0.15, -0.1) is 0 Å². The van der Waals surface area contributed by atoms with Gasteiger partial charge in [-0.2, -0.15) is 5.10 Å². The highest BCUT2D eigenvalue weighted by Gasteiger charge is 2.18. The average molecular weight is 362 g/mol. The summed E-state index contributed by atoms with van der Waals surface area (Å²) in [5.74, 6) is -0.140. The summed E-state index contributed by atoms with van der Waals surface area (Å²) in [7, 11) is 1.84. The molecule has 3 aromatic rings. The predicted molar refractivity (Wildman–Crippen MR) is 104 cm³/mol. The van der Waals surface area contributed by atoms with Crippen LogP contribution in [0.25, 0.3) is 0 Å². The lowest BCUT2D eigenvalue weighted by Gasteiger charge is -2.17. The molecule has 6 heteroatoms. The highest BCUT2D eigenvalue weighted by molar-refractivity contribution is 6.03. The minimum atomic E-state index is -0.140. The first-order valence-corrected chi connectivity index (χ1v) is 9.23. The molecule has 0 radical (unpaired) electrons. The number of carbonyl (C=O) groups excluding carboxylic acids is 1. The number of aryl methyl sites for hydroxylation is 1. The van der Waals surface area contributed by atoms with E-state index in [1.165, 1.54) is 0 Å². The lowest BCUT2D eigenvalue weighted by atomic mass is 9.90. The standard InChI is InChI=1S/C21H22N4O2/c1-25-11-5-10-19(25)21(27)22-15-7-4-6-14(12-15)13-18-16-8-2-3-9-17(16)20(26)24-23-18/h4-7,10-12H,2-3,8-9,13H2,1H3,(H,22,27)(H,24,26). The predicted octanol–water partition coefficient (Wildman–Crippen LogP) is 2.83. The van der Waals surface area contributed by atoms with Crippen LogP contribution in [0.2, 0.25) is 0 Å². The maximum atomic E-state index is 12.4. The highest BCUT2D eigenvalue weighted by Crippen LogP contribution is 2.23. The van der Waals surface area contributed by atoms with E-state index in [1.807, 2.05) is 43.6 Å². The minimum absolute atomic E-state index is 0.0583. The number of nitrogens with one attached hydrogen (secondary N) is 2. The molecule has 0 saturated carbocycles. The first kappa shape index (κ1) is 17.3. The van der Waals surface area contributed by atoms with Gasteiger partial charge < -0.3 is 9.88 Å². The molecule has 2 N–H and O–H groups in total. The number of anilines is 1. The second-order valence-corrected chi connectivity index (χ2v) is 7.00. The van der Waals surface area contributed by atoms with Gasteiger partial charge in [0, 0.05) is 30.9 Å². The van der Waals surface area contributed by atoms with Crippen LogP contribution in [0.3, 0.4) is 0 Å². The van der Waals surface area contributed by atoms with Crippen molar-refractivity contribution < 1.29 is 4.79 Å². The molecular formula is C21H22N4O2. The molecule has 1 aliphatic carbocycles. The Morgan fingerprint density at radius 2 is 2.00 bits per heavy atom. The third-order valence-electron chi connectivity index (χ3n) is 5.12. The summed E-state index contributed by atoms with van der Waals surface area (Å²) in [5, 5.41) is 9.89. The van der Waals surface area contributed by atoms with Gasteiger partial charge in [0.2, 0.25) is 0 Å². The first-order chi connectivity index (χ1) is 13.1. The van der Waals surface area contributed by atoms with Crippen molar-refractivity contribution in [1.29, 1.82) is 0 Å². The first-order valence-electron chi connectivity index (χ1n) is 9.23. The number of amides is 1. The van der Waals surface area contributed by atoms with E-state index in [0.29, 0.717) is 12.1 Å². The number of fused-ring (bicyclic) bond motifs is 1. The van der Waals surface area contributed by atoms with Crippen LogP contribution < -0.4 is 10.9 Å². The van der Waals surface area contributed by atoms with E-state index in [4.69, 9.17) is 0 Å². The fraction of sp³-hybridized carbons (Fsp3) is 0.286. The van der Waals surface area contributed by atoms with E-state index in [2.05, 4.69) is 15.5 Å². The number of hydrogen-bond donors (Lipinski definition) is 2.